The highest BCUT2D eigenvalue weighted by molar-refractivity contribution is 7.83. The number of anilines is 2. The van der Waals surface area contributed by atoms with Gasteiger partial charge >= 0.3 is 10.3 Å². The number of benzene rings is 1. The molecule has 3 aliphatic heterocycles. The number of ether oxygens (including phenoxy) is 3. The van der Waals surface area contributed by atoms with Crippen molar-refractivity contribution < 1.29 is 27.2 Å². The molecule has 0 unspecified atom stereocenters. The molecule has 4 heterocycles. The van der Waals surface area contributed by atoms with E-state index in [1.807, 2.05) is 38.1 Å². The monoisotopic (exact) mass is 561 g/mol. The number of nitrogens with zero attached hydrogens (tertiary/aromatic N) is 6. The Bertz CT molecular complexity index is 1290. The highest BCUT2D eigenvalue weighted by Crippen LogP contribution is 2.42. The minimum absolute atomic E-state index is 0.213. The average Bonchev–Trinajstić information content (AvgIpc) is 3.32. The number of hydrogen-bond donors (Lipinski definition) is 2. The van der Waals surface area contributed by atoms with Crippen LogP contribution in [-0.4, -0.2) is 96.6 Å². The predicted molar refractivity (Wildman–Crippen MR) is 146 cm³/mol. The maximum Gasteiger partial charge on any atom is 0.335 e. The number of hydrogen-bond acceptors (Lipinski definition) is 11. The molecular formula is C25H35N7O6S. The summed E-state index contributed by atoms with van der Waals surface area (Å²) in [4.78, 5) is 13.6. The van der Waals surface area contributed by atoms with Crippen LogP contribution < -0.4 is 19.8 Å². The molecule has 0 saturated carbocycles. The fourth-order valence-corrected chi connectivity index (χ4v) is 5.41. The summed E-state index contributed by atoms with van der Waals surface area (Å²) in [7, 11) is -4.18. The Balaban J connectivity index is 1.29. The van der Waals surface area contributed by atoms with Gasteiger partial charge in [-0.2, -0.15) is 17.8 Å². The molecule has 2 fully saturated rings. The SMILES string of the molecule is CCC1(CC)Oc2ccc(C=NNc3cc(N4CCOCC4)nc(CN4CCN(S(=O)(=O)O)CC4)n3)cc2O1. The third-order valence-electron chi connectivity index (χ3n) is 7.15. The number of fused-ring (bicyclic) bond motifs is 1. The van der Waals surface area contributed by atoms with Crippen LogP contribution >= 0.6 is 0 Å². The fraction of sp³-hybridized carbons (Fsp3) is 0.560. The molecule has 2 aromatic rings. The number of rotatable bonds is 9. The van der Waals surface area contributed by atoms with Crippen molar-refractivity contribution in [2.24, 2.45) is 5.10 Å². The van der Waals surface area contributed by atoms with Crippen LogP contribution in [0.15, 0.2) is 29.4 Å². The third-order valence-corrected chi connectivity index (χ3v) is 8.16. The van der Waals surface area contributed by atoms with E-state index in [2.05, 4.69) is 25.3 Å². The molecule has 13 nitrogen and oxygen atoms in total. The van der Waals surface area contributed by atoms with Gasteiger partial charge in [0.2, 0.25) is 0 Å². The van der Waals surface area contributed by atoms with Gasteiger partial charge in [0, 0.05) is 58.2 Å². The first-order valence-electron chi connectivity index (χ1n) is 13.2. The molecule has 2 N–H and O–H groups in total. The van der Waals surface area contributed by atoms with Crippen molar-refractivity contribution in [3.63, 3.8) is 0 Å². The van der Waals surface area contributed by atoms with Crippen LogP contribution in [0.1, 0.15) is 38.1 Å². The summed E-state index contributed by atoms with van der Waals surface area (Å²) in [6.07, 6.45) is 3.20. The van der Waals surface area contributed by atoms with E-state index in [1.54, 1.807) is 6.21 Å². The lowest BCUT2D eigenvalue weighted by atomic mass is 10.1. The van der Waals surface area contributed by atoms with Crippen LogP contribution in [-0.2, 0) is 21.6 Å². The molecule has 3 aliphatic rings. The predicted octanol–water partition coefficient (Wildman–Crippen LogP) is 1.97. The van der Waals surface area contributed by atoms with E-state index in [0.717, 1.165) is 47.4 Å². The molecule has 1 aromatic carbocycles. The van der Waals surface area contributed by atoms with Crippen LogP contribution in [0.2, 0.25) is 0 Å². The number of nitrogens with one attached hydrogen (secondary N) is 1. The minimum atomic E-state index is -4.18. The second-order valence-corrected chi connectivity index (χ2v) is 11.1. The standard InChI is InChI=1S/C25H35N7O6S/c1-3-25(4-2)37-20-6-5-19(15-21(20)38-25)17-26-29-22-16-24(31-11-13-36-14-12-31)28-23(27-22)18-30-7-9-32(10-8-30)39(33,34)35/h5-6,15-17H,3-4,7-14,18H2,1-2H3,(H,27,28,29)(H,33,34,35). The molecule has 5 rings (SSSR count). The summed E-state index contributed by atoms with van der Waals surface area (Å²) in [5.74, 6) is 2.74. The maximum atomic E-state index is 11.4. The maximum absolute atomic E-state index is 11.4. The zero-order chi connectivity index (χ0) is 27.5. The van der Waals surface area contributed by atoms with Gasteiger partial charge in [-0.15, -0.1) is 0 Å². The van der Waals surface area contributed by atoms with Crippen molar-refractivity contribution >= 4 is 28.2 Å². The first-order valence-corrected chi connectivity index (χ1v) is 14.6. The average molecular weight is 562 g/mol. The highest BCUT2D eigenvalue weighted by Gasteiger charge is 2.38. The number of morpholine rings is 1. The van der Waals surface area contributed by atoms with Gasteiger partial charge in [-0.25, -0.2) is 9.97 Å². The van der Waals surface area contributed by atoms with Crippen molar-refractivity contribution in [1.29, 1.82) is 0 Å². The van der Waals surface area contributed by atoms with E-state index in [-0.39, 0.29) is 13.1 Å². The van der Waals surface area contributed by atoms with Crippen molar-refractivity contribution in [1.82, 2.24) is 19.2 Å². The summed E-state index contributed by atoms with van der Waals surface area (Å²) in [6.45, 7) is 8.58. The van der Waals surface area contributed by atoms with Gasteiger partial charge in [0.15, 0.2) is 17.3 Å². The van der Waals surface area contributed by atoms with Crippen LogP contribution in [0.3, 0.4) is 0 Å². The Hall–Kier alpha value is -3.04. The Kier molecular flexibility index (Phi) is 8.19. The van der Waals surface area contributed by atoms with Gasteiger partial charge < -0.3 is 19.1 Å². The van der Waals surface area contributed by atoms with Gasteiger partial charge in [-0.3, -0.25) is 14.9 Å². The Morgan fingerprint density at radius 1 is 1.03 bits per heavy atom. The first-order chi connectivity index (χ1) is 18.8. The normalized spacial score (nSPS) is 20.0. The minimum Gasteiger partial charge on any atom is -0.448 e. The van der Waals surface area contributed by atoms with Gasteiger partial charge in [0.05, 0.1) is 26.0 Å². The van der Waals surface area contributed by atoms with E-state index in [1.165, 1.54) is 0 Å². The number of piperazine rings is 1. The highest BCUT2D eigenvalue weighted by atomic mass is 32.2. The molecule has 14 heteroatoms. The van der Waals surface area contributed by atoms with Crippen molar-refractivity contribution in [3.8, 4) is 11.5 Å². The Labute approximate surface area is 228 Å². The molecule has 212 valence electrons. The Morgan fingerprint density at radius 2 is 1.74 bits per heavy atom. The lowest BCUT2D eigenvalue weighted by Crippen LogP contribution is -2.48. The Morgan fingerprint density at radius 3 is 2.44 bits per heavy atom. The molecule has 1 aromatic heterocycles. The molecule has 0 aliphatic carbocycles. The summed E-state index contributed by atoms with van der Waals surface area (Å²) in [5.41, 5.74) is 3.89. The molecule has 2 saturated heterocycles. The van der Waals surface area contributed by atoms with E-state index < -0.39 is 16.1 Å². The second kappa shape index (κ2) is 11.6. The van der Waals surface area contributed by atoms with E-state index in [0.29, 0.717) is 50.2 Å². The van der Waals surface area contributed by atoms with Crippen molar-refractivity contribution in [2.45, 2.75) is 39.0 Å². The summed E-state index contributed by atoms with van der Waals surface area (Å²) in [6, 6.07) is 7.58. The number of hydrazone groups is 1. The van der Waals surface area contributed by atoms with Crippen molar-refractivity contribution in [2.75, 3.05) is 62.8 Å². The second-order valence-electron chi connectivity index (χ2n) is 9.68. The molecule has 0 atom stereocenters. The molecule has 0 bridgehead atoms. The van der Waals surface area contributed by atoms with E-state index in [4.69, 9.17) is 19.2 Å². The van der Waals surface area contributed by atoms with Gasteiger partial charge in [0.25, 0.3) is 5.79 Å². The largest absolute Gasteiger partial charge is 0.448 e. The molecule has 0 spiro atoms. The van der Waals surface area contributed by atoms with Crippen LogP contribution in [0, 0.1) is 0 Å². The lowest BCUT2D eigenvalue weighted by Gasteiger charge is -2.32. The fourth-order valence-electron chi connectivity index (χ4n) is 4.79. The number of aromatic nitrogens is 2. The van der Waals surface area contributed by atoms with Crippen LogP contribution in [0.25, 0.3) is 0 Å². The zero-order valence-electron chi connectivity index (χ0n) is 22.2. The van der Waals surface area contributed by atoms with Crippen molar-refractivity contribution in [3.05, 3.63) is 35.7 Å². The van der Waals surface area contributed by atoms with Gasteiger partial charge in [0.1, 0.15) is 11.6 Å². The molecule has 39 heavy (non-hydrogen) atoms. The molecule has 0 amide bonds. The summed E-state index contributed by atoms with van der Waals surface area (Å²) >= 11 is 0. The van der Waals surface area contributed by atoms with Gasteiger partial charge in [-0.05, 0) is 23.8 Å². The zero-order valence-corrected chi connectivity index (χ0v) is 23.1. The molecular weight excluding hydrogens is 526 g/mol. The van der Waals surface area contributed by atoms with E-state index >= 15 is 0 Å². The van der Waals surface area contributed by atoms with Gasteiger partial charge in [-0.1, -0.05) is 13.8 Å². The smallest absolute Gasteiger partial charge is 0.335 e. The van der Waals surface area contributed by atoms with E-state index in [9.17, 15) is 13.0 Å². The quantitative estimate of drug-likeness (QED) is 0.264. The van der Waals surface area contributed by atoms with Crippen LogP contribution in [0.5, 0.6) is 11.5 Å². The third kappa shape index (κ3) is 6.58. The molecule has 0 radical (unpaired) electrons. The lowest BCUT2D eigenvalue weighted by molar-refractivity contribution is -0.0843. The first kappa shape index (κ1) is 27.5. The summed E-state index contributed by atoms with van der Waals surface area (Å²) < 4.78 is 50.8. The summed E-state index contributed by atoms with van der Waals surface area (Å²) in [5, 5.41) is 4.41. The van der Waals surface area contributed by atoms with Crippen LogP contribution in [0.4, 0.5) is 11.6 Å². The topological polar surface area (TPSA) is 142 Å².